The fourth-order valence-electron chi connectivity index (χ4n) is 5.63. The summed E-state index contributed by atoms with van der Waals surface area (Å²) in [6.07, 6.45) is 6.88. The van der Waals surface area contributed by atoms with Gasteiger partial charge in [-0.3, -0.25) is 9.78 Å². The van der Waals surface area contributed by atoms with Gasteiger partial charge in [0.25, 0.3) is 5.56 Å². The van der Waals surface area contributed by atoms with Gasteiger partial charge in [-0.05, 0) is 88.4 Å². The van der Waals surface area contributed by atoms with Gasteiger partial charge in [0.1, 0.15) is 5.39 Å². The Hall–Kier alpha value is -4.03. The molecule has 0 saturated heterocycles. The maximum Gasteiger partial charge on any atom is 0.278 e. The van der Waals surface area contributed by atoms with Crippen LogP contribution in [0.1, 0.15) is 56.9 Å². The Labute approximate surface area is 215 Å². The van der Waals surface area contributed by atoms with E-state index in [0.717, 1.165) is 49.3 Å². The summed E-state index contributed by atoms with van der Waals surface area (Å²) >= 11 is 0. The van der Waals surface area contributed by atoms with Crippen molar-refractivity contribution in [3.8, 4) is 11.8 Å². The molecule has 9 heteroatoms. The molecule has 1 aliphatic heterocycles. The van der Waals surface area contributed by atoms with E-state index >= 15 is 0 Å². The molecule has 0 amide bonds. The predicted octanol–water partition coefficient (Wildman–Crippen LogP) is 4.07. The number of hydrogen-bond acceptors (Lipinski definition) is 7. The van der Waals surface area contributed by atoms with Gasteiger partial charge in [-0.2, -0.15) is 10.2 Å². The highest BCUT2D eigenvalue weighted by molar-refractivity contribution is 5.77. The minimum atomic E-state index is -0.547. The molecule has 9 nitrogen and oxygen atoms in total. The molecule has 1 aromatic carbocycles. The topological polar surface area (TPSA) is 113 Å². The van der Waals surface area contributed by atoms with E-state index in [0.29, 0.717) is 23.5 Å². The van der Waals surface area contributed by atoms with E-state index in [2.05, 4.69) is 52.7 Å². The van der Waals surface area contributed by atoms with Gasteiger partial charge in [0.2, 0.25) is 5.95 Å². The molecule has 3 aromatic heterocycles. The largest absolute Gasteiger partial charge is 0.324 e. The number of fused-ring (bicyclic) bond motifs is 2. The molecule has 1 aliphatic carbocycles. The van der Waals surface area contributed by atoms with E-state index in [-0.39, 0.29) is 11.1 Å². The van der Waals surface area contributed by atoms with Crippen molar-refractivity contribution in [3.63, 3.8) is 0 Å². The van der Waals surface area contributed by atoms with Gasteiger partial charge in [-0.15, -0.1) is 0 Å². The van der Waals surface area contributed by atoms with Gasteiger partial charge in [-0.1, -0.05) is 6.07 Å². The minimum Gasteiger partial charge on any atom is -0.324 e. The molecule has 0 atom stereocenters. The van der Waals surface area contributed by atoms with Gasteiger partial charge in [0.15, 0.2) is 5.65 Å². The summed E-state index contributed by atoms with van der Waals surface area (Å²) in [5.74, 6) is 0.421. The number of hydrogen-bond donors (Lipinski definition) is 2. The lowest BCUT2D eigenvalue weighted by molar-refractivity contribution is 0.316. The number of pyridine rings is 1. The monoisotopic (exact) mass is 494 g/mol. The Bertz CT molecular complexity index is 1620. The molecule has 4 heterocycles. The van der Waals surface area contributed by atoms with Crippen LogP contribution in [0.3, 0.4) is 0 Å². The molecule has 2 aliphatic rings. The predicted molar refractivity (Wildman–Crippen MR) is 142 cm³/mol. The highest BCUT2D eigenvalue weighted by Crippen LogP contribution is 2.42. The molecule has 0 radical (unpaired) electrons. The van der Waals surface area contributed by atoms with Crippen LogP contribution in [0.25, 0.3) is 16.7 Å². The second-order valence-corrected chi connectivity index (χ2v) is 10.5. The lowest BCUT2D eigenvalue weighted by Gasteiger charge is -2.34. The number of aromatic nitrogens is 5. The Balaban J connectivity index is 1.42. The van der Waals surface area contributed by atoms with Crippen LogP contribution in [-0.4, -0.2) is 30.9 Å². The van der Waals surface area contributed by atoms with Crippen LogP contribution in [0.5, 0.6) is 0 Å². The summed E-state index contributed by atoms with van der Waals surface area (Å²) in [5.41, 5.74) is 4.77. The molecule has 0 spiro atoms. The first kappa shape index (κ1) is 23.4. The zero-order valence-electron chi connectivity index (χ0n) is 21.4. The van der Waals surface area contributed by atoms with Crippen LogP contribution in [-0.2, 0) is 23.9 Å². The van der Waals surface area contributed by atoms with Gasteiger partial charge in [-0.25, -0.2) is 14.3 Å². The van der Waals surface area contributed by atoms with Crippen LogP contribution >= 0.6 is 0 Å². The molecule has 0 bridgehead atoms. The molecular weight excluding hydrogens is 464 g/mol. The SMILES string of the molecule is CCn1c(=O)c2cnc(Nc3ccc4c(c3)CCNC4(C)C)nc2n1-c1ccnc(C2(C#N)CCC2)c1. The second-order valence-electron chi connectivity index (χ2n) is 10.5. The molecule has 37 heavy (non-hydrogen) atoms. The zero-order valence-corrected chi connectivity index (χ0v) is 21.4. The summed E-state index contributed by atoms with van der Waals surface area (Å²) in [6.45, 7) is 7.72. The standard InChI is InChI=1S/C28H30N8O/c1-4-35-25(37)21-16-31-26(33-19-6-7-22-18(14-19)8-13-32-27(22,2)3)34-24(21)36(35)20-9-12-30-23(15-20)28(17-29)10-5-11-28/h6-7,9,12,14-16,32H,4-5,8,10-11,13H2,1-3H3,(H,31,33,34). The quantitative estimate of drug-likeness (QED) is 0.430. The smallest absolute Gasteiger partial charge is 0.278 e. The first-order chi connectivity index (χ1) is 17.8. The summed E-state index contributed by atoms with van der Waals surface area (Å²) in [4.78, 5) is 27.0. The first-order valence-electron chi connectivity index (χ1n) is 12.9. The summed E-state index contributed by atoms with van der Waals surface area (Å²) < 4.78 is 3.47. The van der Waals surface area contributed by atoms with E-state index in [9.17, 15) is 10.1 Å². The highest BCUT2D eigenvalue weighted by Gasteiger charge is 2.40. The van der Waals surface area contributed by atoms with Gasteiger partial charge in [0, 0.05) is 30.2 Å². The molecule has 1 saturated carbocycles. The maximum atomic E-state index is 13.2. The number of anilines is 2. The molecule has 0 unspecified atom stereocenters. The fraction of sp³-hybridized carbons (Fsp3) is 0.393. The van der Waals surface area contributed by atoms with Crippen molar-refractivity contribution in [2.75, 3.05) is 11.9 Å². The highest BCUT2D eigenvalue weighted by atomic mass is 16.1. The summed E-state index contributed by atoms with van der Waals surface area (Å²) in [6, 6.07) is 12.6. The third-order valence-electron chi connectivity index (χ3n) is 7.87. The van der Waals surface area contributed by atoms with Crippen molar-refractivity contribution in [1.82, 2.24) is 29.6 Å². The van der Waals surface area contributed by atoms with Gasteiger partial charge in [0.05, 0.1) is 22.9 Å². The van der Waals surface area contributed by atoms with Crippen molar-refractivity contribution in [2.24, 2.45) is 0 Å². The summed E-state index contributed by atoms with van der Waals surface area (Å²) in [5, 5.41) is 17.2. The number of nitrogens with zero attached hydrogens (tertiary/aromatic N) is 6. The molecule has 188 valence electrons. The van der Waals surface area contributed by atoms with Crippen molar-refractivity contribution in [3.05, 3.63) is 69.9 Å². The molecular formula is C28H30N8O. The average molecular weight is 495 g/mol. The van der Waals surface area contributed by atoms with Gasteiger partial charge < -0.3 is 10.6 Å². The molecule has 1 fully saturated rings. The van der Waals surface area contributed by atoms with Crippen LogP contribution in [0, 0.1) is 11.3 Å². The first-order valence-corrected chi connectivity index (χ1v) is 12.9. The van der Waals surface area contributed by atoms with Crippen LogP contribution < -0.4 is 16.2 Å². The third kappa shape index (κ3) is 3.71. The molecule has 4 aromatic rings. The van der Waals surface area contributed by atoms with Crippen LogP contribution in [0.4, 0.5) is 11.6 Å². The van der Waals surface area contributed by atoms with Crippen LogP contribution in [0.2, 0.25) is 0 Å². The minimum absolute atomic E-state index is 0.0618. The zero-order chi connectivity index (χ0) is 25.8. The third-order valence-corrected chi connectivity index (χ3v) is 7.87. The summed E-state index contributed by atoms with van der Waals surface area (Å²) in [7, 11) is 0. The average Bonchev–Trinajstić information content (AvgIpc) is 3.14. The number of nitriles is 1. The van der Waals surface area contributed by atoms with Crippen molar-refractivity contribution in [2.45, 2.75) is 64.0 Å². The number of benzene rings is 1. The lowest BCUT2D eigenvalue weighted by atomic mass is 9.67. The maximum absolute atomic E-state index is 13.2. The van der Waals surface area contributed by atoms with Crippen LogP contribution in [0.15, 0.2) is 47.5 Å². The molecule has 6 rings (SSSR count). The molecule has 2 N–H and O–H groups in total. The Morgan fingerprint density at radius 1 is 1.19 bits per heavy atom. The van der Waals surface area contributed by atoms with E-state index < -0.39 is 5.41 Å². The van der Waals surface area contributed by atoms with Crippen molar-refractivity contribution < 1.29 is 0 Å². The van der Waals surface area contributed by atoms with E-state index in [1.807, 2.05) is 29.8 Å². The Morgan fingerprint density at radius 2 is 2.03 bits per heavy atom. The normalized spacial score (nSPS) is 17.6. The Morgan fingerprint density at radius 3 is 2.76 bits per heavy atom. The van der Waals surface area contributed by atoms with E-state index in [1.54, 1.807) is 17.1 Å². The van der Waals surface area contributed by atoms with Crippen molar-refractivity contribution >= 4 is 22.7 Å². The van der Waals surface area contributed by atoms with E-state index in [4.69, 9.17) is 4.98 Å². The fourth-order valence-corrected chi connectivity index (χ4v) is 5.63. The number of nitrogens with one attached hydrogen (secondary N) is 2. The van der Waals surface area contributed by atoms with Gasteiger partial charge >= 0.3 is 0 Å². The Kier molecular flexibility index (Phi) is 5.39. The van der Waals surface area contributed by atoms with Crippen molar-refractivity contribution in [1.29, 1.82) is 5.26 Å². The second kappa shape index (κ2) is 8.53. The van der Waals surface area contributed by atoms with E-state index in [1.165, 1.54) is 11.1 Å². The lowest BCUT2D eigenvalue weighted by Crippen LogP contribution is -2.42. The number of rotatable bonds is 5.